The lowest BCUT2D eigenvalue weighted by atomic mass is 10.2. The molecule has 7 heteroatoms. The molecule has 0 bridgehead atoms. The topological polar surface area (TPSA) is 90.2 Å². The summed E-state index contributed by atoms with van der Waals surface area (Å²) < 4.78 is 5.24. The van der Waals surface area contributed by atoms with E-state index >= 15 is 0 Å². The number of nitrogens with one attached hydrogen (secondary N) is 1. The van der Waals surface area contributed by atoms with Crippen LogP contribution in [0.3, 0.4) is 0 Å². The molecule has 100 valence electrons. The molecule has 0 aliphatic carbocycles. The highest BCUT2D eigenvalue weighted by molar-refractivity contribution is 5.61. The third-order valence-corrected chi connectivity index (χ3v) is 2.19. The van der Waals surface area contributed by atoms with Crippen LogP contribution in [0.4, 0.5) is 11.5 Å². The predicted octanol–water partition coefficient (Wildman–Crippen LogP) is 2.34. The average molecular weight is 254 g/mol. The molecular formula is C11H18N4O3. The third-order valence-electron chi connectivity index (χ3n) is 2.19. The van der Waals surface area contributed by atoms with E-state index in [1.165, 1.54) is 0 Å². The summed E-state index contributed by atoms with van der Waals surface area (Å²) in [6.07, 6.45) is 0. The summed E-state index contributed by atoms with van der Waals surface area (Å²) in [7, 11) is 0. The first kappa shape index (κ1) is 14.1. The molecule has 0 atom stereocenters. The van der Waals surface area contributed by atoms with E-state index in [1.54, 1.807) is 6.92 Å². The quantitative estimate of drug-likeness (QED) is 0.619. The largest absolute Gasteiger partial charge is 0.473 e. The third kappa shape index (κ3) is 3.06. The van der Waals surface area contributed by atoms with E-state index in [0.29, 0.717) is 19.0 Å². The van der Waals surface area contributed by atoms with E-state index in [-0.39, 0.29) is 23.3 Å². The first-order valence-corrected chi connectivity index (χ1v) is 5.94. The fourth-order valence-corrected chi connectivity index (χ4v) is 1.40. The van der Waals surface area contributed by atoms with Crippen molar-refractivity contribution in [1.29, 1.82) is 0 Å². The molecule has 0 saturated heterocycles. The zero-order valence-corrected chi connectivity index (χ0v) is 11.1. The summed E-state index contributed by atoms with van der Waals surface area (Å²) in [6, 6.07) is 0. The minimum Gasteiger partial charge on any atom is -0.473 e. The molecule has 1 aromatic rings. The Hall–Kier alpha value is -1.92. The lowest BCUT2D eigenvalue weighted by Crippen LogP contribution is -2.11. The molecular weight excluding hydrogens is 236 g/mol. The van der Waals surface area contributed by atoms with Crippen molar-refractivity contribution in [2.24, 2.45) is 0 Å². The van der Waals surface area contributed by atoms with Gasteiger partial charge < -0.3 is 10.1 Å². The number of anilines is 1. The van der Waals surface area contributed by atoms with Gasteiger partial charge in [-0.25, -0.2) is 4.98 Å². The molecule has 0 unspecified atom stereocenters. The monoisotopic (exact) mass is 254 g/mol. The number of nitro groups is 1. The normalized spacial score (nSPS) is 10.5. The number of rotatable bonds is 6. The van der Waals surface area contributed by atoms with E-state index < -0.39 is 4.92 Å². The molecule has 0 radical (unpaired) electrons. The zero-order chi connectivity index (χ0) is 13.7. The van der Waals surface area contributed by atoms with Gasteiger partial charge in [0.25, 0.3) is 5.88 Å². The van der Waals surface area contributed by atoms with Gasteiger partial charge in [-0.1, -0.05) is 13.8 Å². The van der Waals surface area contributed by atoms with Gasteiger partial charge in [0.2, 0.25) is 5.82 Å². The second-order valence-electron chi connectivity index (χ2n) is 3.96. The molecule has 18 heavy (non-hydrogen) atoms. The zero-order valence-electron chi connectivity index (χ0n) is 11.1. The van der Waals surface area contributed by atoms with Crippen LogP contribution in [0.1, 0.15) is 39.4 Å². The molecule has 0 aliphatic heterocycles. The minimum atomic E-state index is -0.521. The summed E-state index contributed by atoms with van der Waals surface area (Å²) in [5, 5.41) is 14.0. The first-order valence-electron chi connectivity index (χ1n) is 5.94. The Bertz CT molecular complexity index is 407. The number of hydrogen-bond donors (Lipinski definition) is 1. The fraction of sp³-hybridized carbons (Fsp3) is 0.636. The van der Waals surface area contributed by atoms with Gasteiger partial charge in [-0.15, -0.1) is 0 Å². The molecule has 1 N–H and O–H groups in total. The van der Waals surface area contributed by atoms with Crippen molar-refractivity contribution in [1.82, 2.24) is 9.97 Å². The van der Waals surface area contributed by atoms with Crippen LogP contribution in [0.2, 0.25) is 0 Å². The van der Waals surface area contributed by atoms with E-state index in [4.69, 9.17) is 4.74 Å². The van der Waals surface area contributed by atoms with E-state index in [2.05, 4.69) is 15.3 Å². The van der Waals surface area contributed by atoms with Crippen LogP contribution < -0.4 is 10.1 Å². The number of aromatic nitrogens is 2. The standard InChI is InChI=1S/C11H18N4O3/c1-5-12-10-8(15(16)17)11(18-6-2)14-9(13-10)7(3)4/h7H,5-6H2,1-4H3,(H,12,13,14). The molecule has 0 saturated carbocycles. The van der Waals surface area contributed by atoms with Gasteiger partial charge in [0.05, 0.1) is 11.5 Å². The average Bonchev–Trinajstić information content (AvgIpc) is 2.28. The lowest BCUT2D eigenvalue weighted by molar-refractivity contribution is -0.385. The maximum atomic E-state index is 11.1. The van der Waals surface area contributed by atoms with Crippen molar-refractivity contribution in [3.8, 4) is 5.88 Å². The Morgan fingerprint density at radius 3 is 2.50 bits per heavy atom. The van der Waals surface area contributed by atoms with Crippen LogP contribution in [0.5, 0.6) is 5.88 Å². The Balaban J connectivity index is 3.38. The van der Waals surface area contributed by atoms with Gasteiger partial charge in [0.1, 0.15) is 5.82 Å². The Labute approximate surface area is 106 Å². The van der Waals surface area contributed by atoms with Gasteiger partial charge in [-0.2, -0.15) is 4.98 Å². The number of ether oxygens (including phenoxy) is 1. The van der Waals surface area contributed by atoms with Crippen LogP contribution in [0.15, 0.2) is 0 Å². The van der Waals surface area contributed by atoms with Crippen molar-refractivity contribution < 1.29 is 9.66 Å². The molecule has 1 rings (SSSR count). The van der Waals surface area contributed by atoms with E-state index in [9.17, 15) is 10.1 Å². The Kier molecular flexibility index (Phi) is 4.82. The van der Waals surface area contributed by atoms with Crippen molar-refractivity contribution in [2.45, 2.75) is 33.6 Å². The van der Waals surface area contributed by atoms with Gasteiger partial charge in [0, 0.05) is 12.5 Å². The van der Waals surface area contributed by atoms with Gasteiger partial charge in [-0.3, -0.25) is 10.1 Å². The smallest absolute Gasteiger partial charge is 0.372 e. The summed E-state index contributed by atoms with van der Waals surface area (Å²) in [5.74, 6) is 0.837. The van der Waals surface area contributed by atoms with Crippen LogP contribution in [0, 0.1) is 10.1 Å². The highest BCUT2D eigenvalue weighted by atomic mass is 16.6. The number of hydrogen-bond acceptors (Lipinski definition) is 6. The molecule has 7 nitrogen and oxygen atoms in total. The van der Waals surface area contributed by atoms with Crippen molar-refractivity contribution in [3.05, 3.63) is 15.9 Å². The fourth-order valence-electron chi connectivity index (χ4n) is 1.40. The Morgan fingerprint density at radius 2 is 2.06 bits per heavy atom. The number of nitrogens with zero attached hydrogens (tertiary/aromatic N) is 3. The summed E-state index contributed by atoms with van der Waals surface area (Å²) in [5.41, 5.74) is -0.205. The van der Waals surface area contributed by atoms with Gasteiger partial charge in [0.15, 0.2) is 0 Å². The highest BCUT2D eigenvalue weighted by Crippen LogP contribution is 2.33. The highest BCUT2D eigenvalue weighted by Gasteiger charge is 2.26. The van der Waals surface area contributed by atoms with Crippen molar-refractivity contribution >= 4 is 11.5 Å². The van der Waals surface area contributed by atoms with E-state index in [1.807, 2.05) is 20.8 Å². The van der Waals surface area contributed by atoms with Gasteiger partial charge in [-0.05, 0) is 13.8 Å². The van der Waals surface area contributed by atoms with Crippen molar-refractivity contribution in [3.63, 3.8) is 0 Å². The maximum Gasteiger partial charge on any atom is 0.372 e. The molecule has 1 heterocycles. The SMILES string of the molecule is CCNc1nc(C(C)C)nc(OCC)c1[N+](=O)[O-]. The molecule has 0 spiro atoms. The second-order valence-corrected chi connectivity index (χ2v) is 3.96. The maximum absolute atomic E-state index is 11.1. The van der Waals surface area contributed by atoms with Gasteiger partial charge >= 0.3 is 5.69 Å². The molecule has 0 fully saturated rings. The summed E-state index contributed by atoms with van der Waals surface area (Å²) in [6.45, 7) is 8.32. The molecule has 1 aromatic heterocycles. The summed E-state index contributed by atoms with van der Waals surface area (Å²) >= 11 is 0. The summed E-state index contributed by atoms with van der Waals surface area (Å²) in [4.78, 5) is 18.9. The first-order chi connectivity index (χ1) is 8.51. The molecule has 0 amide bonds. The predicted molar refractivity (Wildman–Crippen MR) is 68.1 cm³/mol. The minimum absolute atomic E-state index is 0.0251. The van der Waals surface area contributed by atoms with Crippen LogP contribution in [0.25, 0.3) is 0 Å². The molecule has 0 aliphatic rings. The van der Waals surface area contributed by atoms with Crippen LogP contribution >= 0.6 is 0 Å². The van der Waals surface area contributed by atoms with Crippen molar-refractivity contribution in [2.75, 3.05) is 18.5 Å². The molecule has 0 aromatic carbocycles. The lowest BCUT2D eigenvalue weighted by Gasteiger charge is -2.11. The second kappa shape index (κ2) is 6.13. The van der Waals surface area contributed by atoms with Crippen LogP contribution in [-0.2, 0) is 0 Å². The van der Waals surface area contributed by atoms with E-state index in [0.717, 1.165) is 0 Å². The Morgan fingerprint density at radius 1 is 1.39 bits per heavy atom. The van der Waals surface area contributed by atoms with Crippen LogP contribution in [-0.4, -0.2) is 28.0 Å².